The van der Waals surface area contributed by atoms with Crippen LogP contribution in [0, 0.1) is 0 Å². The Labute approximate surface area is 117 Å². The van der Waals surface area contributed by atoms with Gasteiger partial charge < -0.3 is 5.73 Å². The lowest BCUT2D eigenvalue weighted by molar-refractivity contribution is 0.0933. The van der Waals surface area contributed by atoms with Crippen LogP contribution in [0.15, 0.2) is 6.07 Å². The third-order valence-corrected chi connectivity index (χ3v) is 4.14. The van der Waals surface area contributed by atoms with E-state index < -0.39 is 0 Å². The van der Waals surface area contributed by atoms with Crippen molar-refractivity contribution >= 4 is 5.82 Å². The number of likely N-dealkylation sites (tertiary alicyclic amines) is 1. The maximum atomic E-state index is 6.08. The molecule has 0 aromatic carbocycles. The Hall–Kier alpha value is -1.03. The molecular formula is C15H28N4. The predicted molar refractivity (Wildman–Crippen MR) is 80.0 cm³/mol. The quantitative estimate of drug-likeness (QED) is 0.893. The number of nitrogens with zero attached hydrogens (tertiary/aromatic N) is 3. The molecule has 4 heteroatoms. The summed E-state index contributed by atoms with van der Waals surface area (Å²) in [5.74, 6) is 0.764. The van der Waals surface area contributed by atoms with Crippen LogP contribution >= 0.6 is 0 Å². The molecule has 0 radical (unpaired) electrons. The fourth-order valence-electron chi connectivity index (χ4n) is 3.03. The molecule has 1 aliphatic rings. The van der Waals surface area contributed by atoms with E-state index in [9.17, 15) is 0 Å². The van der Waals surface area contributed by atoms with Gasteiger partial charge in [0.25, 0.3) is 0 Å². The van der Waals surface area contributed by atoms with Crippen LogP contribution in [-0.4, -0.2) is 26.8 Å². The lowest BCUT2D eigenvalue weighted by Gasteiger charge is -2.38. The van der Waals surface area contributed by atoms with E-state index in [0.717, 1.165) is 18.1 Å². The van der Waals surface area contributed by atoms with E-state index in [2.05, 4.69) is 39.5 Å². The van der Waals surface area contributed by atoms with Crippen LogP contribution in [0.4, 0.5) is 5.82 Å². The Balaban J connectivity index is 2.15. The Bertz CT molecular complexity index is 420. The summed E-state index contributed by atoms with van der Waals surface area (Å²) >= 11 is 0. The first kappa shape index (κ1) is 14.4. The van der Waals surface area contributed by atoms with Gasteiger partial charge in [-0.15, -0.1) is 0 Å². The van der Waals surface area contributed by atoms with Crippen molar-refractivity contribution in [2.24, 2.45) is 0 Å². The van der Waals surface area contributed by atoms with Crippen LogP contribution in [0.1, 0.15) is 59.6 Å². The van der Waals surface area contributed by atoms with E-state index in [4.69, 9.17) is 10.8 Å². The predicted octanol–water partition coefficient (Wildman–Crippen LogP) is 2.98. The molecule has 1 saturated heterocycles. The number of rotatable bonds is 2. The third kappa shape index (κ3) is 3.11. The van der Waals surface area contributed by atoms with Crippen LogP contribution in [0.25, 0.3) is 0 Å². The summed E-state index contributed by atoms with van der Waals surface area (Å²) in [5, 5.41) is 4.69. The van der Waals surface area contributed by atoms with Crippen molar-refractivity contribution in [2.45, 2.75) is 78.0 Å². The largest absolute Gasteiger partial charge is 0.384 e. The van der Waals surface area contributed by atoms with Gasteiger partial charge >= 0.3 is 0 Å². The van der Waals surface area contributed by atoms with Gasteiger partial charge in [0.1, 0.15) is 5.82 Å². The fraction of sp³-hybridized carbons (Fsp3) is 0.800. The normalized spacial score (nSPS) is 25.7. The second-order valence-electron chi connectivity index (χ2n) is 6.94. The van der Waals surface area contributed by atoms with Crippen molar-refractivity contribution in [1.82, 2.24) is 14.7 Å². The van der Waals surface area contributed by atoms with Crippen LogP contribution in [0.3, 0.4) is 0 Å². The molecular weight excluding hydrogens is 236 g/mol. The lowest BCUT2D eigenvalue weighted by Crippen LogP contribution is -2.43. The average molecular weight is 264 g/mol. The summed E-state index contributed by atoms with van der Waals surface area (Å²) in [6, 6.07) is 3.31. The first-order valence-corrected chi connectivity index (χ1v) is 7.39. The Morgan fingerprint density at radius 3 is 2.32 bits per heavy atom. The highest BCUT2D eigenvalue weighted by molar-refractivity contribution is 5.32. The first-order valence-electron chi connectivity index (χ1n) is 7.39. The molecule has 2 N–H and O–H groups in total. The Morgan fingerprint density at radius 1 is 1.26 bits per heavy atom. The van der Waals surface area contributed by atoms with Gasteiger partial charge in [-0.3, -0.25) is 4.90 Å². The van der Waals surface area contributed by atoms with E-state index in [1.165, 1.54) is 19.3 Å². The fourth-order valence-corrected chi connectivity index (χ4v) is 3.03. The molecule has 1 aromatic heterocycles. The minimum Gasteiger partial charge on any atom is -0.384 e. The van der Waals surface area contributed by atoms with Crippen LogP contribution in [0.2, 0.25) is 0 Å². The van der Waals surface area contributed by atoms with E-state index in [1.54, 1.807) is 0 Å². The van der Waals surface area contributed by atoms with Gasteiger partial charge in [-0.1, -0.05) is 6.42 Å². The highest BCUT2D eigenvalue weighted by Crippen LogP contribution is 2.26. The van der Waals surface area contributed by atoms with E-state index >= 15 is 0 Å². The highest BCUT2D eigenvalue weighted by atomic mass is 15.4. The number of hydrogen-bond acceptors (Lipinski definition) is 3. The summed E-state index contributed by atoms with van der Waals surface area (Å²) in [4.78, 5) is 2.55. The number of piperidine rings is 1. The summed E-state index contributed by atoms with van der Waals surface area (Å²) in [6.45, 7) is 11.9. The molecule has 0 saturated carbocycles. The number of aromatic nitrogens is 2. The molecule has 0 amide bonds. The molecule has 108 valence electrons. The van der Waals surface area contributed by atoms with Crippen LogP contribution in [-0.2, 0) is 12.1 Å². The van der Waals surface area contributed by atoms with E-state index in [1.807, 2.05) is 10.7 Å². The van der Waals surface area contributed by atoms with Crippen molar-refractivity contribution in [2.75, 3.05) is 5.73 Å². The molecule has 2 atom stereocenters. The number of anilines is 1. The molecule has 1 aliphatic heterocycles. The zero-order chi connectivity index (χ0) is 14.2. The SMILES string of the molecule is CC1CCCC(C)N1Cc1cc(N)n(C(C)(C)C)n1. The standard InChI is InChI=1S/C15H28N4/c1-11-7-6-8-12(2)18(11)10-13-9-14(16)19(17-13)15(3,4)5/h9,11-12H,6-8,10,16H2,1-5H3. The monoisotopic (exact) mass is 264 g/mol. The van der Waals surface area contributed by atoms with Gasteiger partial charge in [0.05, 0.1) is 11.2 Å². The van der Waals surface area contributed by atoms with E-state index in [0.29, 0.717) is 12.1 Å². The van der Waals surface area contributed by atoms with Crippen molar-refractivity contribution in [3.8, 4) is 0 Å². The lowest BCUT2D eigenvalue weighted by atomic mass is 9.97. The average Bonchev–Trinajstić information content (AvgIpc) is 2.65. The van der Waals surface area contributed by atoms with Crippen LogP contribution in [0.5, 0.6) is 0 Å². The zero-order valence-electron chi connectivity index (χ0n) is 13.0. The second kappa shape index (κ2) is 5.16. The molecule has 4 nitrogen and oxygen atoms in total. The Kier molecular flexibility index (Phi) is 3.90. The van der Waals surface area contributed by atoms with Crippen molar-refractivity contribution in [3.63, 3.8) is 0 Å². The van der Waals surface area contributed by atoms with Crippen molar-refractivity contribution < 1.29 is 0 Å². The maximum absolute atomic E-state index is 6.08. The summed E-state index contributed by atoms with van der Waals surface area (Å²) < 4.78 is 1.93. The molecule has 1 fully saturated rings. The second-order valence-corrected chi connectivity index (χ2v) is 6.94. The third-order valence-electron chi connectivity index (χ3n) is 4.14. The molecule has 0 bridgehead atoms. The van der Waals surface area contributed by atoms with Gasteiger partial charge in [-0.25, -0.2) is 4.68 Å². The van der Waals surface area contributed by atoms with E-state index in [-0.39, 0.29) is 5.54 Å². The summed E-state index contributed by atoms with van der Waals surface area (Å²) in [6.07, 6.45) is 3.93. The van der Waals surface area contributed by atoms with Crippen LogP contribution < -0.4 is 5.73 Å². The summed E-state index contributed by atoms with van der Waals surface area (Å²) in [7, 11) is 0. The first-order chi connectivity index (χ1) is 8.79. The molecule has 19 heavy (non-hydrogen) atoms. The van der Waals surface area contributed by atoms with Crippen molar-refractivity contribution in [1.29, 1.82) is 0 Å². The maximum Gasteiger partial charge on any atom is 0.122 e. The van der Waals surface area contributed by atoms with Crippen molar-refractivity contribution in [3.05, 3.63) is 11.8 Å². The van der Waals surface area contributed by atoms with Gasteiger partial charge in [-0.05, 0) is 47.5 Å². The molecule has 2 rings (SSSR count). The highest BCUT2D eigenvalue weighted by Gasteiger charge is 2.26. The molecule has 0 aliphatic carbocycles. The van der Waals surface area contributed by atoms with Gasteiger partial charge in [-0.2, -0.15) is 5.10 Å². The topological polar surface area (TPSA) is 47.1 Å². The molecule has 2 unspecified atom stereocenters. The summed E-state index contributed by atoms with van der Waals surface area (Å²) in [5.41, 5.74) is 7.12. The Morgan fingerprint density at radius 2 is 1.84 bits per heavy atom. The molecule has 2 heterocycles. The number of nitrogens with two attached hydrogens (primary N) is 1. The molecule has 0 spiro atoms. The number of nitrogen functional groups attached to an aromatic ring is 1. The minimum absolute atomic E-state index is 0.0541. The van der Waals surface area contributed by atoms with Gasteiger partial charge in [0, 0.05) is 24.7 Å². The molecule has 1 aromatic rings. The van der Waals surface area contributed by atoms with Gasteiger partial charge in [0.15, 0.2) is 0 Å². The number of hydrogen-bond donors (Lipinski definition) is 1. The zero-order valence-corrected chi connectivity index (χ0v) is 13.0. The minimum atomic E-state index is -0.0541. The smallest absolute Gasteiger partial charge is 0.122 e. The van der Waals surface area contributed by atoms with Gasteiger partial charge in [0.2, 0.25) is 0 Å².